The van der Waals surface area contributed by atoms with Gasteiger partial charge < -0.3 is 15.2 Å². The summed E-state index contributed by atoms with van der Waals surface area (Å²) in [6.45, 7) is 3.99. The van der Waals surface area contributed by atoms with Crippen LogP contribution in [-0.2, 0) is 11.3 Å². The maximum absolute atomic E-state index is 9.94. The number of nitrogens with zero attached hydrogens (tertiary/aromatic N) is 1. The van der Waals surface area contributed by atoms with Crippen LogP contribution >= 0.6 is 0 Å². The highest BCUT2D eigenvalue weighted by molar-refractivity contribution is 5.08. The number of hydrogen-bond donors (Lipinski definition) is 2. The fourth-order valence-corrected chi connectivity index (χ4v) is 2.71. The van der Waals surface area contributed by atoms with Gasteiger partial charge in [-0.1, -0.05) is 19.8 Å². The van der Waals surface area contributed by atoms with Crippen LogP contribution in [0.4, 0.5) is 0 Å². The van der Waals surface area contributed by atoms with Crippen molar-refractivity contribution < 1.29 is 9.84 Å². The molecule has 1 saturated carbocycles. The van der Waals surface area contributed by atoms with Crippen LogP contribution in [0.1, 0.15) is 38.2 Å². The Morgan fingerprint density at radius 2 is 2.10 bits per heavy atom. The second-order valence-electron chi connectivity index (χ2n) is 5.77. The zero-order valence-corrected chi connectivity index (χ0v) is 12.3. The Labute approximate surface area is 121 Å². The summed E-state index contributed by atoms with van der Waals surface area (Å²) in [5, 5.41) is 13.2. The van der Waals surface area contributed by atoms with E-state index in [1.54, 1.807) is 12.4 Å². The van der Waals surface area contributed by atoms with Crippen molar-refractivity contribution in [2.24, 2.45) is 5.92 Å². The first-order valence-electron chi connectivity index (χ1n) is 7.65. The van der Waals surface area contributed by atoms with Crippen molar-refractivity contribution in [1.82, 2.24) is 10.3 Å². The average Bonchev–Trinajstić information content (AvgIpc) is 2.47. The van der Waals surface area contributed by atoms with E-state index in [0.29, 0.717) is 25.2 Å². The maximum Gasteiger partial charge on any atom is 0.0897 e. The Balaban J connectivity index is 1.59. The highest BCUT2D eigenvalue weighted by Crippen LogP contribution is 2.26. The Hall–Kier alpha value is -0.970. The summed E-state index contributed by atoms with van der Waals surface area (Å²) in [7, 11) is 0. The summed E-state index contributed by atoms with van der Waals surface area (Å²) in [5.41, 5.74) is 1.18. The Morgan fingerprint density at radius 3 is 2.85 bits per heavy atom. The van der Waals surface area contributed by atoms with Crippen molar-refractivity contribution in [3.63, 3.8) is 0 Å². The summed E-state index contributed by atoms with van der Waals surface area (Å²) < 4.78 is 5.86. The lowest BCUT2D eigenvalue weighted by molar-refractivity contribution is -0.0452. The van der Waals surface area contributed by atoms with Gasteiger partial charge in [-0.15, -0.1) is 0 Å². The molecular weight excluding hydrogens is 252 g/mol. The van der Waals surface area contributed by atoms with Crippen molar-refractivity contribution in [2.75, 3.05) is 13.2 Å². The summed E-state index contributed by atoms with van der Waals surface area (Å²) in [6.07, 6.45) is 8.41. The predicted octanol–water partition coefficient (Wildman–Crippen LogP) is 2.13. The fourth-order valence-electron chi connectivity index (χ4n) is 2.71. The molecule has 0 aromatic carbocycles. The quantitative estimate of drug-likeness (QED) is 0.802. The molecule has 1 aliphatic rings. The van der Waals surface area contributed by atoms with Crippen molar-refractivity contribution in [1.29, 1.82) is 0 Å². The number of aliphatic hydroxyl groups is 1. The number of hydrogen-bond acceptors (Lipinski definition) is 4. The van der Waals surface area contributed by atoms with Gasteiger partial charge in [0.05, 0.1) is 18.8 Å². The van der Waals surface area contributed by atoms with E-state index in [2.05, 4.69) is 17.2 Å². The number of pyridine rings is 1. The smallest absolute Gasteiger partial charge is 0.0897 e. The zero-order valence-electron chi connectivity index (χ0n) is 12.3. The molecule has 0 spiro atoms. The molecule has 1 aromatic heterocycles. The predicted molar refractivity (Wildman–Crippen MR) is 79.3 cm³/mol. The van der Waals surface area contributed by atoms with E-state index in [0.717, 1.165) is 13.0 Å². The second-order valence-corrected chi connectivity index (χ2v) is 5.77. The van der Waals surface area contributed by atoms with Crippen LogP contribution in [0.5, 0.6) is 0 Å². The molecule has 0 saturated heterocycles. The SMILES string of the molecule is CC1CCCCC1OCC(O)CNCc1ccncc1. The van der Waals surface area contributed by atoms with E-state index in [4.69, 9.17) is 4.74 Å². The minimum Gasteiger partial charge on any atom is -0.389 e. The molecule has 3 unspecified atom stereocenters. The summed E-state index contributed by atoms with van der Waals surface area (Å²) >= 11 is 0. The Bertz CT molecular complexity index is 372. The highest BCUT2D eigenvalue weighted by atomic mass is 16.5. The molecule has 2 N–H and O–H groups in total. The van der Waals surface area contributed by atoms with Crippen molar-refractivity contribution in [3.05, 3.63) is 30.1 Å². The zero-order chi connectivity index (χ0) is 14.2. The van der Waals surface area contributed by atoms with Crippen LogP contribution in [0.25, 0.3) is 0 Å². The molecule has 0 bridgehead atoms. The summed E-state index contributed by atoms with van der Waals surface area (Å²) in [4.78, 5) is 3.98. The first-order valence-corrected chi connectivity index (χ1v) is 7.65. The third kappa shape index (κ3) is 5.19. The molecule has 1 aromatic rings. The van der Waals surface area contributed by atoms with E-state index < -0.39 is 6.10 Å². The van der Waals surface area contributed by atoms with Crippen LogP contribution in [0.3, 0.4) is 0 Å². The molecule has 112 valence electrons. The van der Waals surface area contributed by atoms with Crippen LogP contribution < -0.4 is 5.32 Å². The van der Waals surface area contributed by atoms with Crippen molar-refractivity contribution >= 4 is 0 Å². The normalized spacial score (nSPS) is 24.5. The van der Waals surface area contributed by atoms with Crippen LogP contribution in [0, 0.1) is 5.92 Å². The van der Waals surface area contributed by atoms with Gasteiger partial charge in [-0.05, 0) is 36.5 Å². The summed E-state index contributed by atoms with van der Waals surface area (Å²) in [5.74, 6) is 0.626. The lowest BCUT2D eigenvalue weighted by Gasteiger charge is -2.29. The third-order valence-electron chi connectivity index (χ3n) is 3.99. The molecule has 4 heteroatoms. The lowest BCUT2D eigenvalue weighted by Crippen LogP contribution is -2.34. The van der Waals surface area contributed by atoms with Gasteiger partial charge in [0.25, 0.3) is 0 Å². The molecule has 3 atom stereocenters. The van der Waals surface area contributed by atoms with E-state index in [1.807, 2.05) is 12.1 Å². The molecule has 4 nitrogen and oxygen atoms in total. The molecule has 1 aliphatic carbocycles. The third-order valence-corrected chi connectivity index (χ3v) is 3.99. The van der Waals surface area contributed by atoms with E-state index >= 15 is 0 Å². The first-order chi connectivity index (χ1) is 9.75. The first kappa shape index (κ1) is 15.4. The molecular formula is C16H26N2O2. The van der Waals surface area contributed by atoms with Crippen LogP contribution in [-0.4, -0.2) is 35.5 Å². The van der Waals surface area contributed by atoms with Gasteiger partial charge >= 0.3 is 0 Å². The summed E-state index contributed by atoms with van der Waals surface area (Å²) in [6, 6.07) is 3.94. The standard InChI is InChI=1S/C16H26N2O2/c1-13-4-2-3-5-16(13)20-12-15(19)11-18-10-14-6-8-17-9-7-14/h6-9,13,15-16,18-19H,2-5,10-12H2,1H3. The minimum absolute atomic E-state index is 0.332. The number of rotatable bonds is 7. The molecule has 0 radical (unpaired) electrons. The lowest BCUT2D eigenvalue weighted by atomic mass is 9.88. The van der Waals surface area contributed by atoms with E-state index in [9.17, 15) is 5.11 Å². The van der Waals surface area contributed by atoms with Gasteiger partial charge in [0.15, 0.2) is 0 Å². The molecule has 20 heavy (non-hydrogen) atoms. The van der Waals surface area contributed by atoms with Crippen molar-refractivity contribution in [3.8, 4) is 0 Å². The van der Waals surface area contributed by atoms with Gasteiger partial charge in [-0.3, -0.25) is 4.98 Å². The molecule has 2 rings (SSSR count). The monoisotopic (exact) mass is 278 g/mol. The molecule has 1 fully saturated rings. The van der Waals surface area contributed by atoms with E-state index in [-0.39, 0.29) is 0 Å². The van der Waals surface area contributed by atoms with E-state index in [1.165, 1.54) is 24.8 Å². The van der Waals surface area contributed by atoms with Gasteiger partial charge in [0.2, 0.25) is 0 Å². The molecule has 0 aliphatic heterocycles. The average molecular weight is 278 g/mol. The van der Waals surface area contributed by atoms with Crippen LogP contribution in [0.15, 0.2) is 24.5 Å². The minimum atomic E-state index is -0.439. The largest absolute Gasteiger partial charge is 0.389 e. The Morgan fingerprint density at radius 1 is 1.35 bits per heavy atom. The van der Waals surface area contributed by atoms with Crippen LogP contribution in [0.2, 0.25) is 0 Å². The Kier molecular flexibility index (Phi) is 6.43. The number of aliphatic hydroxyl groups excluding tert-OH is 1. The molecule has 0 amide bonds. The number of aromatic nitrogens is 1. The molecule has 1 heterocycles. The van der Waals surface area contributed by atoms with Gasteiger partial charge in [-0.25, -0.2) is 0 Å². The van der Waals surface area contributed by atoms with Crippen molar-refractivity contribution in [2.45, 2.75) is 51.4 Å². The number of ether oxygens (including phenoxy) is 1. The fraction of sp³-hybridized carbons (Fsp3) is 0.688. The van der Waals surface area contributed by atoms with Gasteiger partial charge in [0, 0.05) is 25.5 Å². The number of nitrogens with one attached hydrogen (secondary N) is 1. The maximum atomic E-state index is 9.94. The highest BCUT2D eigenvalue weighted by Gasteiger charge is 2.22. The topological polar surface area (TPSA) is 54.4 Å². The second kappa shape index (κ2) is 8.35. The van der Waals surface area contributed by atoms with Gasteiger partial charge in [-0.2, -0.15) is 0 Å². The van der Waals surface area contributed by atoms with Gasteiger partial charge in [0.1, 0.15) is 0 Å².